The van der Waals surface area contributed by atoms with Gasteiger partial charge in [-0.15, -0.1) is 0 Å². The lowest BCUT2D eigenvalue weighted by atomic mass is 9.84. The summed E-state index contributed by atoms with van der Waals surface area (Å²) in [5, 5.41) is 5.78. The number of anilines is 1. The van der Waals surface area contributed by atoms with Gasteiger partial charge in [-0.1, -0.05) is 38.1 Å². The first kappa shape index (κ1) is 29.9. The minimum absolute atomic E-state index is 0.103. The number of hydrogen-bond donors (Lipinski definition) is 1. The van der Waals surface area contributed by atoms with E-state index in [9.17, 15) is 8.78 Å². The van der Waals surface area contributed by atoms with Crippen LogP contribution in [0.25, 0.3) is 32.9 Å². The van der Waals surface area contributed by atoms with Crippen LogP contribution in [0.1, 0.15) is 57.2 Å². The van der Waals surface area contributed by atoms with Crippen molar-refractivity contribution in [3.05, 3.63) is 53.2 Å². The highest BCUT2D eigenvalue weighted by molar-refractivity contribution is 6.01. The quantitative estimate of drug-likeness (QED) is 0.269. The van der Waals surface area contributed by atoms with Crippen molar-refractivity contribution < 1.29 is 17.9 Å². The maximum absolute atomic E-state index is 17.1. The van der Waals surface area contributed by atoms with Gasteiger partial charge in [0.1, 0.15) is 35.6 Å². The van der Waals surface area contributed by atoms with Crippen molar-refractivity contribution in [1.82, 2.24) is 25.2 Å². The predicted molar refractivity (Wildman–Crippen MR) is 174 cm³/mol. The minimum Gasteiger partial charge on any atom is -0.461 e. The Kier molecular flexibility index (Phi) is 7.36. The molecule has 7 nitrogen and oxygen atoms in total. The average Bonchev–Trinajstić information content (AvgIpc) is 3.59. The molecule has 8 rings (SSSR count). The highest BCUT2D eigenvalue weighted by Crippen LogP contribution is 2.43. The van der Waals surface area contributed by atoms with Gasteiger partial charge < -0.3 is 15.0 Å². The van der Waals surface area contributed by atoms with Crippen molar-refractivity contribution in [3.63, 3.8) is 0 Å². The number of ether oxygens (including phenoxy) is 1. The van der Waals surface area contributed by atoms with Crippen LogP contribution >= 0.6 is 0 Å². The lowest BCUT2D eigenvalue weighted by Gasteiger charge is -2.46. The molecule has 0 aliphatic carbocycles. The molecule has 46 heavy (non-hydrogen) atoms. The van der Waals surface area contributed by atoms with Crippen LogP contribution in [0.2, 0.25) is 0 Å². The number of hydrogen-bond acceptors (Lipinski definition) is 7. The van der Waals surface area contributed by atoms with E-state index in [0.717, 1.165) is 49.9 Å². The monoisotopic (exact) mass is 630 g/mol. The number of aromatic nitrogens is 3. The Bertz CT molecular complexity index is 1840. The third kappa shape index (κ3) is 4.66. The summed E-state index contributed by atoms with van der Waals surface area (Å²) in [6.07, 6.45) is 3.86. The van der Waals surface area contributed by atoms with Gasteiger partial charge in [0.15, 0.2) is 5.82 Å². The maximum atomic E-state index is 17.1. The molecule has 0 radical (unpaired) electrons. The zero-order chi connectivity index (χ0) is 31.7. The van der Waals surface area contributed by atoms with E-state index in [2.05, 4.69) is 29.0 Å². The number of benzene rings is 2. The van der Waals surface area contributed by atoms with Gasteiger partial charge in [-0.3, -0.25) is 4.90 Å². The van der Waals surface area contributed by atoms with Crippen LogP contribution in [0, 0.1) is 24.5 Å². The number of aryl methyl sites for hydroxylation is 2. The summed E-state index contributed by atoms with van der Waals surface area (Å²) >= 11 is 0. The number of pyridine rings is 1. The first-order chi connectivity index (χ1) is 22.3. The van der Waals surface area contributed by atoms with Crippen molar-refractivity contribution in [2.24, 2.45) is 5.92 Å². The molecule has 0 spiro atoms. The molecule has 10 heteroatoms. The van der Waals surface area contributed by atoms with Crippen LogP contribution in [-0.2, 0) is 6.42 Å². The molecule has 0 bridgehead atoms. The van der Waals surface area contributed by atoms with Gasteiger partial charge in [0.2, 0.25) is 0 Å². The van der Waals surface area contributed by atoms with Crippen LogP contribution < -0.4 is 15.0 Å². The molecule has 2 aromatic heterocycles. The third-order valence-corrected chi connectivity index (χ3v) is 11.2. The lowest BCUT2D eigenvalue weighted by molar-refractivity contribution is 0.107. The second-order valence-corrected chi connectivity index (χ2v) is 13.9. The summed E-state index contributed by atoms with van der Waals surface area (Å²) in [5.74, 6) is 0.0551. The van der Waals surface area contributed by atoms with Gasteiger partial charge >= 0.3 is 6.01 Å². The molecule has 6 heterocycles. The van der Waals surface area contributed by atoms with Gasteiger partial charge in [-0.25, -0.2) is 18.2 Å². The Hall–Kier alpha value is -3.50. The number of fused-ring (bicyclic) bond motifs is 4. The second kappa shape index (κ2) is 11.3. The predicted octanol–water partition coefficient (Wildman–Crippen LogP) is 6.53. The first-order valence-electron chi connectivity index (χ1n) is 16.9. The fourth-order valence-electron chi connectivity index (χ4n) is 8.95. The molecule has 4 aromatic rings. The molecule has 3 saturated heterocycles. The number of halogens is 3. The summed E-state index contributed by atoms with van der Waals surface area (Å²) in [5.41, 5.74) is 1.67. The van der Waals surface area contributed by atoms with Gasteiger partial charge in [0.25, 0.3) is 0 Å². The topological polar surface area (TPSA) is 66.4 Å². The fraction of sp³-hybridized carbons (Fsp3) is 0.528. The number of rotatable bonds is 5. The maximum Gasteiger partial charge on any atom is 0.319 e. The van der Waals surface area contributed by atoms with E-state index in [0.29, 0.717) is 59.6 Å². The third-order valence-electron chi connectivity index (χ3n) is 11.2. The highest BCUT2D eigenvalue weighted by Gasteiger charge is 2.49. The molecule has 3 fully saturated rings. The molecule has 242 valence electrons. The smallest absolute Gasteiger partial charge is 0.319 e. The van der Waals surface area contributed by atoms with Crippen LogP contribution in [0.15, 0.2) is 30.3 Å². The summed E-state index contributed by atoms with van der Waals surface area (Å²) in [6.45, 7) is 9.21. The Morgan fingerprint density at radius 3 is 2.80 bits per heavy atom. The average molecular weight is 631 g/mol. The van der Waals surface area contributed by atoms with Crippen LogP contribution in [0.4, 0.5) is 19.0 Å². The van der Waals surface area contributed by atoms with Crippen LogP contribution in [0.5, 0.6) is 6.01 Å². The molecular weight excluding hydrogens is 589 g/mol. The Balaban J connectivity index is 1.33. The Morgan fingerprint density at radius 1 is 1.09 bits per heavy atom. The molecule has 4 aliphatic heterocycles. The number of nitrogens with zero attached hydrogens (tertiary/aromatic N) is 5. The van der Waals surface area contributed by atoms with E-state index in [1.165, 1.54) is 6.07 Å². The Labute approximate surface area is 267 Å². The highest BCUT2D eigenvalue weighted by atomic mass is 19.1. The molecule has 5 atom stereocenters. The number of nitrogens with one attached hydrogen (secondary N) is 1. The molecule has 4 aliphatic rings. The van der Waals surface area contributed by atoms with E-state index < -0.39 is 12.0 Å². The normalized spacial score (nSPS) is 27.9. The van der Waals surface area contributed by atoms with Crippen LogP contribution in [0.3, 0.4) is 0 Å². The molecule has 2 aromatic carbocycles. The zero-order valence-corrected chi connectivity index (χ0v) is 26.8. The molecule has 1 N–H and O–H groups in total. The summed E-state index contributed by atoms with van der Waals surface area (Å²) in [4.78, 5) is 19.3. The van der Waals surface area contributed by atoms with E-state index >= 15 is 4.39 Å². The van der Waals surface area contributed by atoms with E-state index in [1.54, 1.807) is 13.0 Å². The first-order valence-corrected chi connectivity index (χ1v) is 16.9. The molecule has 0 saturated carbocycles. The van der Waals surface area contributed by atoms with Gasteiger partial charge in [-0.05, 0) is 73.9 Å². The summed E-state index contributed by atoms with van der Waals surface area (Å²) in [6, 6.07) is 9.26. The van der Waals surface area contributed by atoms with Crippen molar-refractivity contribution >= 4 is 27.5 Å². The largest absolute Gasteiger partial charge is 0.461 e. The standard InChI is InChI=1S/C36H41F3N6O/c1-4-26-33-20(2)9-12-27-29-32(30(39)31(41-27)24-8-5-7-22-10-11-25(38)21(3)28(22)24)42-35(43-34(29)45(33)16-14-40-26)46-19-36-13-6-15-44(36)18-23(37)17-36/h5,7-8,10-11,20,23,26,33,40H,4,6,9,12-19H2,1-3H3/t20-,23+,26-,33-,36-/m0/s1. The summed E-state index contributed by atoms with van der Waals surface area (Å²) < 4.78 is 52.9. The van der Waals surface area contributed by atoms with Crippen molar-refractivity contribution in [3.8, 4) is 17.3 Å². The van der Waals surface area contributed by atoms with E-state index in [-0.39, 0.29) is 47.3 Å². The second-order valence-electron chi connectivity index (χ2n) is 13.9. The molecule has 0 unspecified atom stereocenters. The zero-order valence-electron chi connectivity index (χ0n) is 26.8. The van der Waals surface area contributed by atoms with Gasteiger partial charge in [0.05, 0.1) is 16.6 Å². The lowest BCUT2D eigenvalue weighted by Crippen LogP contribution is -2.61. The van der Waals surface area contributed by atoms with Crippen LogP contribution in [-0.4, -0.2) is 76.4 Å². The SMILES string of the molecule is CC[C@@H]1NCCN2c3nc(OC[C@@]45CCCN4C[C@H](F)C5)nc4c(F)c(-c5cccc6ccc(F)c(C)c56)nc(c34)CC[C@H](C)[C@@H]12. The van der Waals surface area contributed by atoms with Crippen molar-refractivity contribution in [2.75, 3.05) is 37.7 Å². The van der Waals surface area contributed by atoms with Gasteiger partial charge in [-0.2, -0.15) is 9.97 Å². The molecule has 0 amide bonds. The summed E-state index contributed by atoms with van der Waals surface area (Å²) in [7, 11) is 0. The fourth-order valence-corrected chi connectivity index (χ4v) is 8.95. The Morgan fingerprint density at radius 2 is 1.96 bits per heavy atom. The van der Waals surface area contributed by atoms with Crippen molar-refractivity contribution in [1.29, 1.82) is 0 Å². The number of alkyl halides is 1. The van der Waals surface area contributed by atoms with E-state index in [4.69, 9.17) is 19.7 Å². The van der Waals surface area contributed by atoms with Crippen molar-refractivity contribution in [2.45, 2.75) is 83.1 Å². The van der Waals surface area contributed by atoms with E-state index in [1.807, 2.05) is 18.2 Å². The van der Waals surface area contributed by atoms with Gasteiger partial charge in [0, 0.05) is 43.7 Å². The minimum atomic E-state index is -0.883. The number of piperazine rings is 1. The molecular formula is C36H41F3N6O.